The van der Waals surface area contributed by atoms with Crippen molar-refractivity contribution in [2.24, 2.45) is 52.3 Å². The molecule has 1 aromatic rings. The van der Waals surface area contributed by atoms with E-state index in [-0.39, 0.29) is 51.6 Å². The molecule has 4 aliphatic rings. The number of hydrogen-bond donors (Lipinski definition) is 1. The second-order valence-corrected chi connectivity index (χ2v) is 17.2. The average molecular weight is 633 g/mol. The molecule has 4 saturated carbocycles. The third-order valence-electron chi connectivity index (χ3n) is 13.0. The van der Waals surface area contributed by atoms with E-state index in [0.29, 0.717) is 37.0 Å². The maximum absolute atomic E-state index is 16.2. The Morgan fingerprint density at radius 1 is 1.05 bits per heavy atom. The molecule has 6 nitrogen and oxygen atoms in total. The normalized spacial score (nSPS) is 40.8. The number of esters is 1. The lowest BCUT2D eigenvalue weighted by Gasteiger charge is -2.65. The molecule has 1 N–H and O–H groups in total. The van der Waals surface area contributed by atoms with Crippen LogP contribution >= 0.6 is 0 Å². The Kier molecular flexibility index (Phi) is 9.74. The molecule has 0 spiro atoms. The monoisotopic (exact) mass is 632 g/mol. The predicted molar refractivity (Wildman–Crippen MR) is 168 cm³/mol. The van der Waals surface area contributed by atoms with E-state index in [1.54, 1.807) is 18.2 Å². The van der Waals surface area contributed by atoms with Gasteiger partial charge in [-0.3, -0.25) is 9.59 Å². The lowest BCUT2D eigenvalue weighted by molar-refractivity contribution is -0.226. The van der Waals surface area contributed by atoms with Crippen molar-refractivity contribution in [3.05, 3.63) is 30.3 Å². The number of aliphatic hydroxyl groups excluding tert-OH is 1. The van der Waals surface area contributed by atoms with Crippen LogP contribution in [0.4, 0.5) is 4.39 Å². The molecule has 44 heavy (non-hydrogen) atoms. The number of alkyl halides is 1. The zero-order valence-electron chi connectivity index (χ0n) is 27.2. The molecule has 8 heteroatoms. The largest absolute Gasteiger partial charge is 0.459 e. The van der Waals surface area contributed by atoms with Crippen molar-refractivity contribution in [3.8, 4) is 0 Å². The van der Waals surface area contributed by atoms with E-state index in [1.165, 1.54) is 19.1 Å². The van der Waals surface area contributed by atoms with Crippen molar-refractivity contribution in [3.63, 3.8) is 0 Å². The van der Waals surface area contributed by atoms with Gasteiger partial charge in [0.15, 0.2) is 9.84 Å². The van der Waals surface area contributed by atoms with Crippen LogP contribution in [0.1, 0.15) is 98.8 Å². The van der Waals surface area contributed by atoms with Gasteiger partial charge in [-0.15, -0.1) is 0 Å². The molecule has 246 valence electrons. The SMILES string of the molecule is CC[C@H]1C(O)C2C3CCC([C@H](C)CCCC(=O)CS(=O)(=O)c4ccccc4)[C@@]3(C)CCC2[C@@]2(C)CC[C@@H](OC(C)=O)[C@H](F)[C@@H]12. The third-order valence-corrected chi connectivity index (χ3v) is 14.7. The van der Waals surface area contributed by atoms with E-state index >= 15 is 4.39 Å². The first-order chi connectivity index (χ1) is 20.7. The third kappa shape index (κ3) is 5.91. The highest BCUT2D eigenvalue weighted by Crippen LogP contribution is 2.70. The zero-order valence-corrected chi connectivity index (χ0v) is 28.0. The van der Waals surface area contributed by atoms with Crippen LogP contribution in [0.5, 0.6) is 0 Å². The molecule has 4 fully saturated rings. The van der Waals surface area contributed by atoms with Gasteiger partial charge in [-0.2, -0.15) is 0 Å². The van der Waals surface area contributed by atoms with Crippen LogP contribution in [0.2, 0.25) is 0 Å². The van der Waals surface area contributed by atoms with Gasteiger partial charge in [0.2, 0.25) is 0 Å². The average Bonchev–Trinajstić information content (AvgIpc) is 3.33. The number of aliphatic hydroxyl groups is 1. The zero-order chi connectivity index (χ0) is 32.0. The van der Waals surface area contributed by atoms with Crippen molar-refractivity contribution < 1.29 is 32.2 Å². The number of ether oxygens (including phenoxy) is 1. The summed E-state index contributed by atoms with van der Waals surface area (Å²) in [6.07, 6.45) is 5.50. The van der Waals surface area contributed by atoms with Gasteiger partial charge < -0.3 is 9.84 Å². The minimum atomic E-state index is -3.62. The molecule has 0 bridgehead atoms. The van der Waals surface area contributed by atoms with Gasteiger partial charge in [0.05, 0.1) is 11.0 Å². The summed E-state index contributed by atoms with van der Waals surface area (Å²) in [5.41, 5.74) is -0.153. The number of hydrogen-bond acceptors (Lipinski definition) is 6. The second kappa shape index (κ2) is 12.8. The maximum atomic E-state index is 16.2. The van der Waals surface area contributed by atoms with Crippen LogP contribution in [-0.2, 0) is 24.2 Å². The second-order valence-electron chi connectivity index (χ2n) is 15.2. The van der Waals surface area contributed by atoms with Gasteiger partial charge >= 0.3 is 5.97 Å². The van der Waals surface area contributed by atoms with Crippen molar-refractivity contribution in [1.82, 2.24) is 0 Å². The first-order valence-electron chi connectivity index (χ1n) is 17.0. The summed E-state index contributed by atoms with van der Waals surface area (Å²) in [6, 6.07) is 8.17. The molecular weight excluding hydrogens is 579 g/mol. The van der Waals surface area contributed by atoms with Crippen LogP contribution in [0.25, 0.3) is 0 Å². The molecule has 0 aliphatic heterocycles. The summed E-state index contributed by atoms with van der Waals surface area (Å²) in [7, 11) is -3.62. The van der Waals surface area contributed by atoms with Crippen LogP contribution in [0.3, 0.4) is 0 Å². The summed E-state index contributed by atoms with van der Waals surface area (Å²) in [6.45, 7) is 10.4. The Morgan fingerprint density at radius 2 is 1.70 bits per heavy atom. The number of benzene rings is 1. The molecule has 5 rings (SSSR count). The molecule has 0 radical (unpaired) electrons. The van der Waals surface area contributed by atoms with Crippen LogP contribution in [0, 0.1) is 52.3 Å². The topological polar surface area (TPSA) is 97.7 Å². The van der Waals surface area contributed by atoms with Crippen molar-refractivity contribution in [1.29, 1.82) is 0 Å². The highest BCUT2D eigenvalue weighted by Gasteiger charge is 2.67. The molecule has 0 heterocycles. The van der Waals surface area contributed by atoms with E-state index in [9.17, 15) is 23.1 Å². The first-order valence-corrected chi connectivity index (χ1v) is 18.7. The number of sulfone groups is 1. The maximum Gasteiger partial charge on any atom is 0.303 e. The van der Waals surface area contributed by atoms with E-state index in [2.05, 4.69) is 27.7 Å². The van der Waals surface area contributed by atoms with Gasteiger partial charge in [-0.1, -0.05) is 58.7 Å². The predicted octanol–water partition coefficient (Wildman–Crippen LogP) is 6.98. The number of rotatable bonds is 10. The molecule has 12 atom stereocenters. The van der Waals surface area contributed by atoms with Crippen molar-refractivity contribution in [2.75, 3.05) is 5.75 Å². The molecule has 5 unspecified atom stereocenters. The van der Waals surface area contributed by atoms with Crippen LogP contribution in [-0.4, -0.2) is 49.4 Å². The van der Waals surface area contributed by atoms with Gasteiger partial charge in [0, 0.05) is 19.3 Å². The lowest BCUT2D eigenvalue weighted by Crippen LogP contribution is -2.65. The number of halogens is 1. The summed E-state index contributed by atoms with van der Waals surface area (Å²) in [4.78, 5) is 24.6. The molecule has 4 aliphatic carbocycles. The summed E-state index contributed by atoms with van der Waals surface area (Å²) < 4.78 is 46.9. The minimum Gasteiger partial charge on any atom is -0.459 e. The standard InChI is InChI=1S/C36H53FO6S/c1-6-26-32-33(37)30(43-23(3)38)18-20-36(32,5)29-17-19-35(4)27(15-16-28(35)31(29)34(26)40)22(2)11-10-12-24(39)21-44(41,42)25-13-8-7-9-14-25/h7-9,13-14,22,26-34,40H,6,10-12,15-21H2,1-5H3/t22-,26-,27?,28?,29?,30-,31?,32-,33+,34?,35-,36-/m1/s1. The fourth-order valence-corrected chi connectivity index (χ4v) is 12.4. The molecule has 0 saturated heterocycles. The first kappa shape index (κ1) is 33.6. The molecular formula is C36H53FO6S. The van der Waals surface area contributed by atoms with Crippen molar-refractivity contribution >= 4 is 21.6 Å². The number of carbonyl (C=O) groups is 2. The van der Waals surface area contributed by atoms with E-state index in [0.717, 1.165) is 38.5 Å². The number of fused-ring (bicyclic) bond motifs is 5. The Balaban J connectivity index is 1.25. The minimum absolute atomic E-state index is 0.0772. The summed E-state index contributed by atoms with van der Waals surface area (Å²) in [5.74, 6) is 0.0284. The van der Waals surface area contributed by atoms with E-state index < -0.39 is 39.9 Å². The van der Waals surface area contributed by atoms with Crippen LogP contribution < -0.4 is 0 Å². The quantitative estimate of drug-likeness (QED) is 0.280. The Labute approximate surface area is 263 Å². The van der Waals surface area contributed by atoms with Gasteiger partial charge in [0.25, 0.3) is 0 Å². The fraction of sp³-hybridized carbons (Fsp3) is 0.778. The summed E-state index contributed by atoms with van der Waals surface area (Å²) >= 11 is 0. The Bertz CT molecular complexity index is 1300. The highest BCUT2D eigenvalue weighted by molar-refractivity contribution is 7.92. The highest BCUT2D eigenvalue weighted by atomic mass is 32.2. The number of Topliss-reactive ketones (excluding diaryl/α,β-unsaturated/α-hetero) is 1. The Hall–Kier alpha value is -1.80. The smallest absolute Gasteiger partial charge is 0.303 e. The van der Waals surface area contributed by atoms with Crippen molar-refractivity contribution in [2.45, 2.75) is 122 Å². The van der Waals surface area contributed by atoms with Gasteiger partial charge in [0.1, 0.15) is 23.8 Å². The molecule has 0 aromatic heterocycles. The fourth-order valence-electron chi connectivity index (χ4n) is 11.1. The number of ketones is 1. The molecule has 1 aromatic carbocycles. The Morgan fingerprint density at radius 3 is 2.36 bits per heavy atom. The van der Waals surface area contributed by atoms with Crippen LogP contribution in [0.15, 0.2) is 35.2 Å². The number of carbonyl (C=O) groups excluding carboxylic acids is 2. The summed E-state index contributed by atoms with van der Waals surface area (Å²) in [5, 5.41) is 12.0. The van der Waals surface area contributed by atoms with E-state index in [1.807, 2.05) is 0 Å². The lowest BCUT2D eigenvalue weighted by atomic mass is 9.41. The molecule has 0 amide bonds. The van der Waals surface area contributed by atoms with E-state index in [4.69, 9.17) is 4.74 Å². The van der Waals surface area contributed by atoms with Gasteiger partial charge in [-0.25, -0.2) is 12.8 Å². The van der Waals surface area contributed by atoms with Gasteiger partial charge in [-0.05, 0) is 103 Å².